The molecule has 0 saturated carbocycles. The number of benzene rings is 2. The van der Waals surface area contributed by atoms with Crippen molar-refractivity contribution in [2.75, 3.05) is 7.11 Å². The summed E-state index contributed by atoms with van der Waals surface area (Å²) in [5.41, 5.74) is 2.12. The maximum Gasteiger partial charge on any atom is 0.164 e. The molecule has 1 saturated heterocycles. The van der Waals surface area contributed by atoms with Gasteiger partial charge in [0.05, 0.1) is 7.11 Å². The third-order valence-electron chi connectivity index (χ3n) is 3.67. The molecule has 1 fully saturated rings. The van der Waals surface area contributed by atoms with Crippen molar-refractivity contribution in [1.82, 2.24) is 0 Å². The van der Waals surface area contributed by atoms with E-state index in [2.05, 4.69) is 12.1 Å². The summed E-state index contributed by atoms with van der Waals surface area (Å²) in [6, 6.07) is 18.1. The Morgan fingerprint density at radius 3 is 2.19 bits per heavy atom. The fourth-order valence-electron chi connectivity index (χ4n) is 2.78. The molecule has 0 amide bonds. The summed E-state index contributed by atoms with van der Waals surface area (Å²) >= 11 is 0. The first kappa shape index (κ1) is 14.1. The zero-order valence-electron chi connectivity index (χ0n) is 12.6. The second-order valence-electron chi connectivity index (χ2n) is 5.63. The van der Waals surface area contributed by atoms with E-state index in [1.165, 1.54) is 0 Å². The predicted molar refractivity (Wildman–Crippen MR) is 81.2 cm³/mol. The van der Waals surface area contributed by atoms with E-state index in [0.717, 1.165) is 16.9 Å². The molecular weight excluding hydrogens is 264 g/mol. The molecule has 0 radical (unpaired) electrons. The van der Waals surface area contributed by atoms with Gasteiger partial charge in [0.1, 0.15) is 18.0 Å². The fraction of sp³-hybridized carbons (Fsp3) is 0.333. The Morgan fingerprint density at radius 2 is 1.48 bits per heavy atom. The van der Waals surface area contributed by atoms with Gasteiger partial charge in [0.2, 0.25) is 0 Å². The molecule has 2 atom stereocenters. The first-order valence-electron chi connectivity index (χ1n) is 7.14. The van der Waals surface area contributed by atoms with Crippen molar-refractivity contribution >= 4 is 0 Å². The molecule has 0 N–H and O–H groups in total. The number of rotatable bonds is 3. The third-order valence-corrected chi connectivity index (χ3v) is 3.67. The molecule has 0 bridgehead atoms. The minimum atomic E-state index is -0.619. The molecule has 0 aromatic heterocycles. The van der Waals surface area contributed by atoms with Gasteiger partial charge in [-0.05, 0) is 25.5 Å². The highest BCUT2D eigenvalue weighted by molar-refractivity contribution is 5.37. The molecule has 21 heavy (non-hydrogen) atoms. The van der Waals surface area contributed by atoms with Gasteiger partial charge in [-0.1, -0.05) is 48.5 Å². The van der Waals surface area contributed by atoms with Crippen LogP contribution in [-0.2, 0) is 9.47 Å². The Morgan fingerprint density at radius 1 is 0.857 bits per heavy atom. The second kappa shape index (κ2) is 5.51. The van der Waals surface area contributed by atoms with Gasteiger partial charge in [0.25, 0.3) is 0 Å². The summed E-state index contributed by atoms with van der Waals surface area (Å²) < 4.78 is 17.7. The summed E-state index contributed by atoms with van der Waals surface area (Å²) in [4.78, 5) is 0. The van der Waals surface area contributed by atoms with Crippen molar-refractivity contribution in [2.45, 2.75) is 31.8 Å². The molecule has 1 aliphatic rings. The van der Waals surface area contributed by atoms with Crippen LogP contribution in [0, 0.1) is 0 Å². The van der Waals surface area contributed by atoms with E-state index in [-0.39, 0.29) is 12.2 Å². The topological polar surface area (TPSA) is 27.7 Å². The van der Waals surface area contributed by atoms with Crippen LogP contribution < -0.4 is 4.74 Å². The first-order chi connectivity index (χ1) is 10.1. The van der Waals surface area contributed by atoms with Crippen molar-refractivity contribution in [3.63, 3.8) is 0 Å². The first-order valence-corrected chi connectivity index (χ1v) is 7.14. The molecule has 0 unspecified atom stereocenters. The van der Waals surface area contributed by atoms with Gasteiger partial charge < -0.3 is 14.2 Å². The lowest BCUT2D eigenvalue weighted by Gasteiger charge is -2.19. The van der Waals surface area contributed by atoms with Crippen molar-refractivity contribution in [1.29, 1.82) is 0 Å². The normalized spacial score (nSPS) is 24.0. The van der Waals surface area contributed by atoms with Crippen molar-refractivity contribution in [3.05, 3.63) is 65.7 Å². The van der Waals surface area contributed by atoms with Gasteiger partial charge in [-0.15, -0.1) is 0 Å². The van der Waals surface area contributed by atoms with Gasteiger partial charge in [-0.3, -0.25) is 0 Å². The van der Waals surface area contributed by atoms with Crippen LogP contribution in [0.3, 0.4) is 0 Å². The average molecular weight is 284 g/mol. The van der Waals surface area contributed by atoms with Crippen LogP contribution in [0.2, 0.25) is 0 Å². The summed E-state index contributed by atoms with van der Waals surface area (Å²) in [6.07, 6.45) is -0.323. The molecule has 3 heteroatoms. The maximum atomic E-state index is 6.14. The quantitative estimate of drug-likeness (QED) is 0.843. The molecule has 0 spiro atoms. The fourth-order valence-corrected chi connectivity index (χ4v) is 2.78. The lowest BCUT2D eigenvalue weighted by atomic mass is 9.98. The third kappa shape index (κ3) is 2.80. The van der Waals surface area contributed by atoms with Gasteiger partial charge in [-0.25, -0.2) is 0 Å². The maximum absolute atomic E-state index is 6.14. The van der Waals surface area contributed by atoms with Gasteiger partial charge in [-0.2, -0.15) is 0 Å². The van der Waals surface area contributed by atoms with Crippen molar-refractivity contribution in [3.8, 4) is 5.75 Å². The molecule has 1 aliphatic heterocycles. The Labute approximate surface area is 125 Å². The lowest BCUT2D eigenvalue weighted by molar-refractivity contribution is -0.147. The predicted octanol–water partition coefficient (Wildman–Crippen LogP) is 4.26. The summed E-state index contributed by atoms with van der Waals surface area (Å²) in [7, 11) is 1.68. The van der Waals surface area contributed by atoms with E-state index in [4.69, 9.17) is 14.2 Å². The SMILES string of the molecule is COc1ccccc1[C@@H]1OC(C)(C)O[C@@H]1c1ccccc1. The number of hydrogen-bond donors (Lipinski definition) is 0. The largest absolute Gasteiger partial charge is 0.496 e. The van der Waals surface area contributed by atoms with Crippen molar-refractivity contribution in [2.24, 2.45) is 0 Å². The van der Waals surface area contributed by atoms with Crippen LogP contribution in [0.5, 0.6) is 5.75 Å². The Hall–Kier alpha value is -1.84. The zero-order valence-corrected chi connectivity index (χ0v) is 12.6. The monoisotopic (exact) mass is 284 g/mol. The highest BCUT2D eigenvalue weighted by Gasteiger charge is 2.43. The van der Waals surface area contributed by atoms with E-state index in [9.17, 15) is 0 Å². The molecular formula is C18H20O3. The Bertz CT molecular complexity index is 607. The van der Waals surface area contributed by atoms with Gasteiger partial charge in [0.15, 0.2) is 5.79 Å². The average Bonchev–Trinajstić information content (AvgIpc) is 2.84. The molecule has 0 aliphatic carbocycles. The van der Waals surface area contributed by atoms with E-state index in [1.54, 1.807) is 7.11 Å². The molecule has 2 aromatic carbocycles. The summed E-state index contributed by atoms with van der Waals surface area (Å²) in [5, 5.41) is 0. The van der Waals surface area contributed by atoms with Crippen LogP contribution in [0.1, 0.15) is 37.2 Å². The second-order valence-corrected chi connectivity index (χ2v) is 5.63. The molecule has 2 aromatic rings. The van der Waals surface area contributed by atoms with Crippen LogP contribution in [-0.4, -0.2) is 12.9 Å². The number of hydrogen-bond acceptors (Lipinski definition) is 3. The van der Waals surface area contributed by atoms with E-state index in [1.807, 2.05) is 56.3 Å². The van der Waals surface area contributed by atoms with Gasteiger partial charge >= 0.3 is 0 Å². The van der Waals surface area contributed by atoms with E-state index >= 15 is 0 Å². The highest BCUT2D eigenvalue weighted by Crippen LogP contribution is 2.48. The van der Waals surface area contributed by atoms with E-state index in [0.29, 0.717) is 0 Å². The standard InChI is InChI=1S/C18H20O3/c1-18(2)20-16(13-9-5-4-6-10-13)17(21-18)14-11-7-8-12-15(14)19-3/h4-12,16-17H,1-3H3/t16-,17+/m1/s1. The van der Waals surface area contributed by atoms with Crippen molar-refractivity contribution < 1.29 is 14.2 Å². The van der Waals surface area contributed by atoms with Crippen LogP contribution in [0.4, 0.5) is 0 Å². The minimum Gasteiger partial charge on any atom is -0.496 e. The lowest BCUT2D eigenvalue weighted by Crippen LogP contribution is -2.20. The van der Waals surface area contributed by atoms with Crippen LogP contribution in [0.25, 0.3) is 0 Å². The van der Waals surface area contributed by atoms with Crippen LogP contribution >= 0.6 is 0 Å². The van der Waals surface area contributed by atoms with E-state index < -0.39 is 5.79 Å². The number of methoxy groups -OCH3 is 1. The Kier molecular flexibility index (Phi) is 3.70. The zero-order chi connectivity index (χ0) is 14.9. The summed E-state index contributed by atoms with van der Waals surface area (Å²) in [5.74, 6) is 0.205. The van der Waals surface area contributed by atoms with Gasteiger partial charge in [0, 0.05) is 5.56 Å². The number of ether oxygens (including phenoxy) is 3. The molecule has 3 rings (SSSR count). The number of para-hydroxylation sites is 1. The summed E-state index contributed by atoms with van der Waals surface area (Å²) in [6.45, 7) is 3.89. The highest BCUT2D eigenvalue weighted by atomic mass is 16.8. The molecule has 110 valence electrons. The minimum absolute atomic E-state index is 0.141. The molecule has 1 heterocycles. The Balaban J connectivity index is 2.02. The van der Waals surface area contributed by atoms with Crippen LogP contribution in [0.15, 0.2) is 54.6 Å². The smallest absolute Gasteiger partial charge is 0.164 e. The molecule has 3 nitrogen and oxygen atoms in total.